The minimum atomic E-state index is -0.309. The molecule has 0 bridgehead atoms. The largest absolute Gasteiger partial charge is 0.370 e. The van der Waals surface area contributed by atoms with Crippen molar-refractivity contribution in [3.05, 3.63) is 17.5 Å². The van der Waals surface area contributed by atoms with Crippen LogP contribution in [0, 0.1) is 0 Å². The molecule has 5 heteroatoms. The van der Waals surface area contributed by atoms with Gasteiger partial charge >= 0.3 is 0 Å². The molecule has 0 spiro atoms. The number of amides is 1. The SMILES string of the molecule is Cn1cc(CNC(C)(C)CC(N)=O)c(C(C)(C)C)n1. The zero-order valence-electron chi connectivity index (χ0n) is 12.9. The predicted molar refractivity (Wildman–Crippen MR) is 76.6 cm³/mol. The Balaban J connectivity index is 2.81. The first kappa shape index (κ1) is 15.7. The number of rotatable bonds is 5. The quantitative estimate of drug-likeness (QED) is 0.847. The molecule has 0 aromatic carbocycles. The summed E-state index contributed by atoms with van der Waals surface area (Å²) in [6, 6.07) is 0. The number of aryl methyl sites for hydroxylation is 1. The van der Waals surface area contributed by atoms with E-state index < -0.39 is 0 Å². The minimum absolute atomic E-state index is 0.00605. The van der Waals surface area contributed by atoms with Gasteiger partial charge in [0.2, 0.25) is 5.91 Å². The number of primary amides is 1. The maximum absolute atomic E-state index is 11.0. The molecule has 0 saturated carbocycles. The van der Waals surface area contributed by atoms with E-state index in [9.17, 15) is 4.79 Å². The third-order valence-corrected chi connectivity index (χ3v) is 2.99. The zero-order chi connectivity index (χ0) is 14.8. The highest BCUT2D eigenvalue weighted by Crippen LogP contribution is 2.24. The molecule has 1 aromatic rings. The number of nitrogens with zero attached hydrogens (tertiary/aromatic N) is 2. The average molecular weight is 266 g/mol. The van der Waals surface area contributed by atoms with Gasteiger partial charge in [-0.25, -0.2) is 0 Å². The molecule has 3 N–H and O–H groups in total. The van der Waals surface area contributed by atoms with Crippen molar-refractivity contribution in [3.8, 4) is 0 Å². The van der Waals surface area contributed by atoms with Crippen LogP contribution >= 0.6 is 0 Å². The van der Waals surface area contributed by atoms with Crippen LogP contribution in [0.25, 0.3) is 0 Å². The molecule has 1 heterocycles. The van der Waals surface area contributed by atoms with Crippen LogP contribution in [0.15, 0.2) is 6.20 Å². The molecule has 1 amide bonds. The Morgan fingerprint density at radius 1 is 1.37 bits per heavy atom. The third-order valence-electron chi connectivity index (χ3n) is 2.99. The van der Waals surface area contributed by atoms with Gasteiger partial charge in [0.05, 0.1) is 5.69 Å². The van der Waals surface area contributed by atoms with Gasteiger partial charge in [-0.15, -0.1) is 0 Å². The number of aromatic nitrogens is 2. The molecule has 0 aliphatic rings. The van der Waals surface area contributed by atoms with Gasteiger partial charge in [-0.3, -0.25) is 9.48 Å². The van der Waals surface area contributed by atoms with E-state index in [4.69, 9.17) is 5.73 Å². The molecule has 0 radical (unpaired) electrons. The van der Waals surface area contributed by atoms with Gasteiger partial charge < -0.3 is 11.1 Å². The lowest BCUT2D eigenvalue weighted by Gasteiger charge is -2.26. The first-order valence-corrected chi connectivity index (χ1v) is 6.57. The van der Waals surface area contributed by atoms with Crippen molar-refractivity contribution < 1.29 is 4.79 Å². The molecule has 19 heavy (non-hydrogen) atoms. The van der Waals surface area contributed by atoms with E-state index in [2.05, 4.69) is 31.2 Å². The van der Waals surface area contributed by atoms with Crippen molar-refractivity contribution in [2.24, 2.45) is 12.8 Å². The van der Waals surface area contributed by atoms with Crippen LogP contribution in [0.5, 0.6) is 0 Å². The molecule has 0 fully saturated rings. The van der Waals surface area contributed by atoms with Crippen LogP contribution in [0.3, 0.4) is 0 Å². The minimum Gasteiger partial charge on any atom is -0.370 e. The van der Waals surface area contributed by atoms with Gasteiger partial charge in [0.25, 0.3) is 0 Å². The molecule has 108 valence electrons. The van der Waals surface area contributed by atoms with Crippen molar-refractivity contribution in [1.82, 2.24) is 15.1 Å². The van der Waals surface area contributed by atoms with Crippen LogP contribution in [0.2, 0.25) is 0 Å². The highest BCUT2D eigenvalue weighted by atomic mass is 16.1. The smallest absolute Gasteiger partial charge is 0.219 e. The first-order chi connectivity index (χ1) is 8.51. The summed E-state index contributed by atoms with van der Waals surface area (Å²) in [5, 5.41) is 7.91. The van der Waals surface area contributed by atoms with E-state index in [1.165, 1.54) is 0 Å². The molecule has 0 aliphatic carbocycles. The number of hydrogen-bond acceptors (Lipinski definition) is 3. The van der Waals surface area contributed by atoms with Crippen molar-refractivity contribution in [2.75, 3.05) is 0 Å². The Bertz CT molecular complexity index is 455. The summed E-state index contributed by atoms with van der Waals surface area (Å²) in [4.78, 5) is 11.0. The van der Waals surface area contributed by atoms with Crippen molar-refractivity contribution >= 4 is 5.91 Å². The fourth-order valence-corrected chi connectivity index (χ4v) is 2.13. The standard InChI is InChI=1S/C14H26N4O/c1-13(2,3)12-10(9-18(6)17-12)8-16-14(4,5)7-11(15)19/h9,16H,7-8H2,1-6H3,(H2,15,19). The van der Waals surface area contributed by atoms with Gasteiger partial charge in [0.15, 0.2) is 0 Å². The van der Waals surface area contributed by atoms with Gasteiger partial charge in [0, 0.05) is 42.7 Å². The van der Waals surface area contributed by atoms with Crippen molar-refractivity contribution in [3.63, 3.8) is 0 Å². The summed E-state index contributed by atoms with van der Waals surface area (Å²) < 4.78 is 1.83. The molecule has 5 nitrogen and oxygen atoms in total. The van der Waals surface area contributed by atoms with E-state index in [1.54, 1.807) is 0 Å². The fourth-order valence-electron chi connectivity index (χ4n) is 2.13. The highest BCUT2D eigenvalue weighted by Gasteiger charge is 2.24. The van der Waals surface area contributed by atoms with Gasteiger partial charge in [0.1, 0.15) is 0 Å². The number of carbonyl (C=O) groups is 1. The Morgan fingerprint density at radius 3 is 2.42 bits per heavy atom. The van der Waals surface area contributed by atoms with Crippen LogP contribution in [-0.4, -0.2) is 21.2 Å². The Hall–Kier alpha value is -1.36. The lowest BCUT2D eigenvalue weighted by atomic mass is 9.89. The molecular weight excluding hydrogens is 240 g/mol. The normalized spacial score (nSPS) is 12.7. The second-order valence-electron chi connectivity index (χ2n) is 6.81. The van der Waals surface area contributed by atoms with Crippen molar-refractivity contribution in [1.29, 1.82) is 0 Å². The fraction of sp³-hybridized carbons (Fsp3) is 0.714. The maximum atomic E-state index is 11.0. The van der Waals surface area contributed by atoms with Gasteiger partial charge in [-0.2, -0.15) is 5.10 Å². The summed E-state index contributed by atoms with van der Waals surface area (Å²) in [5.41, 5.74) is 7.19. The van der Waals surface area contributed by atoms with Crippen LogP contribution in [0.1, 0.15) is 52.3 Å². The lowest BCUT2D eigenvalue weighted by Crippen LogP contribution is -2.42. The lowest BCUT2D eigenvalue weighted by molar-refractivity contribution is -0.119. The second kappa shape index (κ2) is 5.33. The number of nitrogens with one attached hydrogen (secondary N) is 1. The number of nitrogens with two attached hydrogens (primary N) is 1. The van der Waals surface area contributed by atoms with E-state index >= 15 is 0 Å². The van der Waals surface area contributed by atoms with Crippen molar-refractivity contribution in [2.45, 2.75) is 58.5 Å². The summed E-state index contributed by atoms with van der Waals surface area (Å²) in [5.74, 6) is -0.292. The molecule has 1 aromatic heterocycles. The average Bonchev–Trinajstić information content (AvgIpc) is 2.54. The van der Waals surface area contributed by atoms with E-state index in [0.29, 0.717) is 13.0 Å². The molecule has 0 atom stereocenters. The molecule has 0 aliphatic heterocycles. The summed E-state index contributed by atoms with van der Waals surface area (Å²) >= 11 is 0. The summed E-state index contributed by atoms with van der Waals surface area (Å²) in [7, 11) is 1.92. The van der Waals surface area contributed by atoms with E-state index in [1.807, 2.05) is 31.8 Å². The molecule has 0 unspecified atom stereocenters. The van der Waals surface area contributed by atoms with Gasteiger partial charge in [-0.1, -0.05) is 20.8 Å². The Kier molecular flexibility index (Phi) is 4.40. The van der Waals surface area contributed by atoms with Gasteiger partial charge in [-0.05, 0) is 13.8 Å². The molecule has 0 saturated heterocycles. The Labute approximate surface area is 115 Å². The summed E-state index contributed by atoms with van der Waals surface area (Å²) in [6.07, 6.45) is 2.34. The maximum Gasteiger partial charge on any atom is 0.219 e. The molecule has 1 rings (SSSR count). The van der Waals surface area contributed by atoms with Crippen LogP contribution < -0.4 is 11.1 Å². The predicted octanol–water partition coefficient (Wildman–Crippen LogP) is 1.46. The first-order valence-electron chi connectivity index (χ1n) is 6.57. The van der Waals surface area contributed by atoms with Crippen LogP contribution in [0.4, 0.5) is 0 Å². The third kappa shape index (κ3) is 4.67. The highest BCUT2D eigenvalue weighted by molar-refractivity contribution is 5.74. The van der Waals surface area contributed by atoms with E-state index in [0.717, 1.165) is 11.3 Å². The second-order valence-corrected chi connectivity index (χ2v) is 6.81. The van der Waals surface area contributed by atoms with E-state index in [-0.39, 0.29) is 16.9 Å². The van der Waals surface area contributed by atoms with Crippen LogP contribution in [-0.2, 0) is 23.8 Å². The monoisotopic (exact) mass is 266 g/mol. The zero-order valence-corrected chi connectivity index (χ0v) is 12.9. The topological polar surface area (TPSA) is 72.9 Å². The Morgan fingerprint density at radius 2 is 1.95 bits per heavy atom. The summed E-state index contributed by atoms with van der Waals surface area (Å²) in [6.45, 7) is 11.1. The molecular formula is C14H26N4O. The number of carbonyl (C=O) groups excluding carboxylic acids is 1. The number of hydrogen-bond donors (Lipinski definition) is 2.